The summed E-state index contributed by atoms with van der Waals surface area (Å²) in [7, 11) is 0. The molecule has 0 amide bonds. The number of benzene rings is 1. The predicted octanol–water partition coefficient (Wildman–Crippen LogP) is 3.40. The molecule has 1 heterocycles. The summed E-state index contributed by atoms with van der Waals surface area (Å²) in [5, 5.41) is 10.3. The van der Waals surface area contributed by atoms with E-state index < -0.39 is 0 Å². The Hall–Kier alpha value is -1.29. The van der Waals surface area contributed by atoms with E-state index in [9.17, 15) is 0 Å². The van der Waals surface area contributed by atoms with Crippen molar-refractivity contribution in [3.63, 3.8) is 0 Å². The maximum Gasteiger partial charge on any atom is 0.0539 e. The van der Waals surface area contributed by atoms with E-state index in [4.69, 9.17) is 0 Å². The Morgan fingerprint density at radius 3 is 2.88 bits per heavy atom. The molecular formula is C12H14BrN3. The highest BCUT2D eigenvalue weighted by molar-refractivity contribution is 9.10. The Morgan fingerprint density at radius 2 is 2.19 bits per heavy atom. The highest BCUT2D eigenvalue weighted by atomic mass is 79.9. The molecule has 0 saturated heterocycles. The molecule has 2 N–H and O–H groups in total. The normalized spacial score (nSPS) is 10.4. The molecule has 0 radical (unpaired) electrons. The second-order valence-corrected chi connectivity index (χ2v) is 4.75. The van der Waals surface area contributed by atoms with Gasteiger partial charge in [0.2, 0.25) is 0 Å². The maximum absolute atomic E-state index is 4.00. The molecule has 84 valence electrons. The number of aromatic amines is 1. The van der Waals surface area contributed by atoms with Crippen molar-refractivity contribution in [1.82, 2.24) is 10.2 Å². The van der Waals surface area contributed by atoms with Gasteiger partial charge in [0.05, 0.1) is 6.20 Å². The van der Waals surface area contributed by atoms with Gasteiger partial charge in [-0.2, -0.15) is 5.10 Å². The smallest absolute Gasteiger partial charge is 0.0539 e. The van der Waals surface area contributed by atoms with Gasteiger partial charge in [0.1, 0.15) is 0 Å². The van der Waals surface area contributed by atoms with Gasteiger partial charge in [-0.1, -0.05) is 22.0 Å². The minimum atomic E-state index is 0.791. The number of H-pyrrole nitrogens is 1. The average molecular weight is 280 g/mol. The monoisotopic (exact) mass is 279 g/mol. The lowest BCUT2D eigenvalue weighted by molar-refractivity contribution is 1.04. The van der Waals surface area contributed by atoms with E-state index in [0.717, 1.165) is 22.4 Å². The summed E-state index contributed by atoms with van der Waals surface area (Å²) < 4.78 is 1.09. The Balaban J connectivity index is 2.10. The Morgan fingerprint density at radius 1 is 1.38 bits per heavy atom. The molecule has 0 aliphatic heterocycles. The van der Waals surface area contributed by atoms with Gasteiger partial charge in [0.25, 0.3) is 0 Å². The van der Waals surface area contributed by atoms with E-state index in [2.05, 4.69) is 50.5 Å². The van der Waals surface area contributed by atoms with Gasteiger partial charge < -0.3 is 5.32 Å². The third-order valence-electron chi connectivity index (χ3n) is 2.60. The fourth-order valence-electron chi connectivity index (χ4n) is 1.53. The van der Waals surface area contributed by atoms with Crippen LogP contribution in [0, 0.1) is 13.8 Å². The lowest BCUT2D eigenvalue weighted by Crippen LogP contribution is -2.01. The summed E-state index contributed by atoms with van der Waals surface area (Å²) in [6, 6.07) is 6.23. The Bertz CT molecular complexity index is 491. The fourth-order valence-corrected chi connectivity index (χ4v) is 1.89. The van der Waals surface area contributed by atoms with Crippen LogP contribution >= 0.6 is 15.9 Å². The summed E-state index contributed by atoms with van der Waals surface area (Å²) in [5.74, 6) is 0. The predicted molar refractivity (Wildman–Crippen MR) is 69.5 cm³/mol. The fraction of sp³-hybridized carbons (Fsp3) is 0.250. The van der Waals surface area contributed by atoms with Crippen LogP contribution in [-0.4, -0.2) is 10.2 Å². The van der Waals surface area contributed by atoms with Crippen LogP contribution < -0.4 is 5.32 Å². The van der Waals surface area contributed by atoms with E-state index in [-0.39, 0.29) is 0 Å². The lowest BCUT2D eigenvalue weighted by atomic mass is 10.2. The average Bonchev–Trinajstić information content (AvgIpc) is 2.66. The van der Waals surface area contributed by atoms with Gasteiger partial charge in [-0.3, -0.25) is 5.10 Å². The first kappa shape index (κ1) is 11.2. The molecule has 0 atom stereocenters. The van der Waals surface area contributed by atoms with Crippen LogP contribution in [0.4, 0.5) is 5.69 Å². The van der Waals surface area contributed by atoms with Crippen molar-refractivity contribution in [2.75, 3.05) is 5.32 Å². The van der Waals surface area contributed by atoms with Crippen molar-refractivity contribution in [1.29, 1.82) is 0 Å². The zero-order valence-electron chi connectivity index (χ0n) is 9.34. The molecule has 0 unspecified atom stereocenters. The number of aromatic nitrogens is 2. The summed E-state index contributed by atoms with van der Waals surface area (Å²) in [5.41, 5.74) is 4.69. The van der Waals surface area contributed by atoms with Crippen LogP contribution in [0.15, 0.2) is 28.9 Å². The maximum atomic E-state index is 4.00. The SMILES string of the molecule is Cc1ccc(Br)cc1NCc1cn[nH]c1C. The van der Waals surface area contributed by atoms with Crippen molar-refractivity contribution < 1.29 is 0 Å². The Labute approximate surface area is 103 Å². The molecule has 0 fully saturated rings. The van der Waals surface area contributed by atoms with Crippen molar-refractivity contribution in [3.05, 3.63) is 45.7 Å². The highest BCUT2D eigenvalue weighted by Gasteiger charge is 2.02. The number of nitrogens with one attached hydrogen (secondary N) is 2. The summed E-state index contributed by atoms with van der Waals surface area (Å²) in [4.78, 5) is 0. The molecule has 4 heteroatoms. The molecule has 2 aromatic rings. The first-order valence-corrected chi connectivity index (χ1v) is 5.95. The minimum absolute atomic E-state index is 0.791. The summed E-state index contributed by atoms with van der Waals surface area (Å²) >= 11 is 3.47. The minimum Gasteiger partial charge on any atom is -0.381 e. The number of aryl methyl sites for hydroxylation is 2. The van der Waals surface area contributed by atoms with Gasteiger partial charge in [-0.05, 0) is 31.5 Å². The van der Waals surface area contributed by atoms with Crippen LogP contribution in [0.2, 0.25) is 0 Å². The van der Waals surface area contributed by atoms with E-state index in [1.165, 1.54) is 11.1 Å². The van der Waals surface area contributed by atoms with Crippen LogP contribution in [0.5, 0.6) is 0 Å². The van der Waals surface area contributed by atoms with Crippen LogP contribution in [-0.2, 0) is 6.54 Å². The van der Waals surface area contributed by atoms with E-state index in [0.29, 0.717) is 0 Å². The molecule has 2 rings (SSSR count). The molecule has 0 aliphatic carbocycles. The first-order valence-electron chi connectivity index (χ1n) is 5.15. The second kappa shape index (κ2) is 4.70. The quantitative estimate of drug-likeness (QED) is 0.904. The largest absolute Gasteiger partial charge is 0.381 e. The molecule has 16 heavy (non-hydrogen) atoms. The first-order chi connectivity index (χ1) is 7.66. The molecular weight excluding hydrogens is 266 g/mol. The number of hydrogen-bond donors (Lipinski definition) is 2. The number of rotatable bonds is 3. The standard InChI is InChI=1S/C12H14BrN3/c1-8-3-4-11(13)5-12(8)14-6-10-7-15-16-9(10)2/h3-5,7,14H,6H2,1-2H3,(H,15,16). The summed E-state index contributed by atoms with van der Waals surface area (Å²) in [6.45, 7) is 4.91. The van der Waals surface area contributed by atoms with E-state index >= 15 is 0 Å². The van der Waals surface area contributed by atoms with Gasteiger partial charge in [-0.25, -0.2) is 0 Å². The van der Waals surface area contributed by atoms with Crippen LogP contribution in [0.3, 0.4) is 0 Å². The zero-order chi connectivity index (χ0) is 11.5. The second-order valence-electron chi connectivity index (χ2n) is 3.83. The number of halogens is 1. The van der Waals surface area contributed by atoms with Crippen molar-refractivity contribution in [3.8, 4) is 0 Å². The molecule has 0 aliphatic rings. The van der Waals surface area contributed by atoms with Crippen molar-refractivity contribution in [2.24, 2.45) is 0 Å². The number of anilines is 1. The van der Waals surface area contributed by atoms with Crippen LogP contribution in [0.1, 0.15) is 16.8 Å². The topological polar surface area (TPSA) is 40.7 Å². The van der Waals surface area contributed by atoms with E-state index in [1.807, 2.05) is 19.2 Å². The van der Waals surface area contributed by atoms with Crippen molar-refractivity contribution >= 4 is 21.6 Å². The van der Waals surface area contributed by atoms with Gasteiger partial charge in [0, 0.05) is 28.0 Å². The van der Waals surface area contributed by atoms with Crippen molar-refractivity contribution in [2.45, 2.75) is 20.4 Å². The molecule has 3 nitrogen and oxygen atoms in total. The van der Waals surface area contributed by atoms with Gasteiger partial charge in [0.15, 0.2) is 0 Å². The third kappa shape index (κ3) is 2.44. The molecule has 0 spiro atoms. The lowest BCUT2D eigenvalue weighted by Gasteiger charge is -2.09. The van der Waals surface area contributed by atoms with E-state index in [1.54, 1.807) is 0 Å². The molecule has 0 bridgehead atoms. The van der Waals surface area contributed by atoms with Crippen LogP contribution in [0.25, 0.3) is 0 Å². The summed E-state index contributed by atoms with van der Waals surface area (Å²) in [6.07, 6.45) is 1.86. The van der Waals surface area contributed by atoms with Gasteiger partial charge >= 0.3 is 0 Å². The number of nitrogens with zero attached hydrogens (tertiary/aromatic N) is 1. The molecule has 1 aromatic carbocycles. The third-order valence-corrected chi connectivity index (χ3v) is 3.10. The zero-order valence-corrected chi connectivity index (χ0v) is 10.9. The number of hydrogen-bond acceptors (Lipinski definition) is 2. The van der Waals surface area contributed by atoms with Gasteiger partial charge in [-0.15, -0.1) is 0 Å². The highest BCUT2D eigenvalue weighted by Crippen LogP contribution is 2.21. The molecule has 1 aromatic heterocycles. The molecule has 0 saturated carbocycles. The Kier molecular flexibility index (Phi) is 3.29.